The van der Waals surface area contributed by atoms with Gasteiger partial charge >= 0.3 is 0 Å². The molecule has 4 rings (SSSR count). The summed E-state index contributed by atoms with van der Waals surface area (Å²) in [7, 11) is 0. The molecule has 7 heteroatoms. The molecule has 1 N–H and O–H groups in total. The Bertz CT molecular complexity index is 1020. The Kier molecular flexibility index (Phi) is 7.37. The van der Waals surface area contributed by atoms with E-state index in [1.54, 1.807) is 11.8 Å². The quantitative estimate of drug-likeness (QED) is 0.581. The Balaban J connectivity index is 1.41. The van der Waals surface area contributed by atoms with E-state index in [1.165, 1.54) is 22.7 Å². The van der Waals surface area contributed by atoms with Crippen LogP contribution >= 0.6 is 11.8 Å². The average Bonchev–Trinajstić information content (AvgIpc) is 3.60. The number of hydrogen-bond donors (Lipinski definition) is 1. The van der Waals surface area contributed by atoms with Crippen LogP contribution < -0.4 is 5.32 Å². The molecule has 0 bridgehead atoms. The number of amides is 2. The van der Waals surface area contributed by atoms with Crippen LogP contribution in [0, 0.1) is 11.7 Å². The molecule has 2 fully saturated rings. The molecule has 1 aliphatic heterocycles. The van der Waals surface area contributed by atoms with Gasteiger partial charge in [0, 0.05) is 36.4 Å². The van der Waals surface area contributed by atoms with E-state index in [9.17, 15) is 14.0 Å². The Hall–Kier alpha value is -2.41. The van der Waals surface area contributed by atoms with Crippen LogP contribution in [0.2, 0.25) is 0 Å². The molecular weight excluding hydrogens is 437 g/mol. The molecule has 1 saturated heterocycles. The van der Waals surface area contributed by atoms with Crippen LogP contribution in [0.5, 0.6) is 0 Å². The summed E-state index contributed by atoms with van der Waals surface area (Å²) in [5, 5.41) is 3.07. The van der Waals surface area contributed by atoms with E-state index in [0.717, 1.165) is 6.42 Å². The van der Waals surface area contributed by atoms with Gasteiger partial charge in [0.2, 0.25) is 5.91 Å². The number of hydrogen-bond acceptors (Lipinski definition) is 4. The lowest BCUT2D eigenvalue weighted by atomic mass is 10.0. The Morgan fingerprint density at radius 1 is 1.21 bits per heavy atom. The molecule has 1 aliphatic carbocycles. The summed E-state index contributed by atoms with van der Waals surface area (Å²) >= 11 is 1.71. The molecule has 2 unspecified atom stereocenters. The van der Waals surface area contributed by atoms with Crippen LogP contribution in [-0.2, 0) is 4.79 Å². The minimum atomic E-state index is -0.500. The number of pyridine rings is 1. The van der Waals surface area contributed by atoms with E-state index in [-0.39, 0.29) is 23.8 Å². The lowest BCUT2D eigenvalue weighted by Gasteiger charge is -2.33. The average molecular weight is 470 g/mol. The topological polar surface area (TPSA) is 62.3 Å². The zero-order valence-corrected chi connectivity index (χ0v) is 20.3. The van der Waals surface area contributed by atoms with Crippen LogP contribution in [0.25, 0.3) is 0 Å². The molecule has 2 amide bonds. The number of rotatable bonds is 7. The first-order valence-corrected chi connectivity index (χ1v) is 13.0. The standard InChI is InChI=1S/C26H32FN3O2S/c1-16(2)11-24(31)30-9-7-19(8-10-30)29-26(32)23-13-18(27)15-28-25(23)22-14-21(22)17-5-4-6-20(12-17)33-3/h4-6,12-13,15-16,19,21-22H,7-11,14H2,1-3H3,(H,29,32). The summed E-state index contributed by atoms with van der Waals surface area (Å²) in [5.41, 5.74) is 2.25. The smallest absolute Gasteiger partial charge is 0.253 e. The minimum Gasteiger partial charge on any atom is -0.349 e. The fraction of sp³-hybridized carbons (Fsp3) is 0.500. The van der Waals surface area contributed by atoms with Gasteiger partial charge in [-0.1, -0.05) is 26.0 Å². The number of carbonyl (C=O) groups excluding carboxylic acids is 2. The van der Waals surface area contributed by atoms with E-state index in [2.05, 4.69) is 40.8 Å². The third kappa shape index (κ3) is 5.75. The van der Waals surface area contributed by atoms with Crippen molar-refractivity contribution in [1.82, 2.24) is 15.2 Å². The predicted octanol–water partition coefficient (Wildman–Crippen LogP) is 4.98. The summed E-state index contributed by atoms with van der Waals surface area (Å²) in [6.07, 6.45) is 6.14. The molecule has 1 saturated carbocycles. The van der Waals surface area contributed by atoms with Gasteiger partial charge in [-0.2, -0.15) is 0 Å². The summed E-state index contributed by atoms with van der Waals surface area (Å²) in [4.78, 5) is 32.9. The van der Waals surface area contributed by atoms with Gasteiger partial charge < -0.3 is 10.2 Å². The van der Waals surface area contributed by atoms with Crippen molar-refractivity contribution in [3.05, 3.63) is 59.2 Å². The first-order valence-electron chi connectivity index (χ1n) is 11.7. The molecule has 1 aromatic heterocycles. The molecule has 1 aromatic carbocycles. The largest absolute Gasteiger partial charge is 0.349 e. The summed E-state index contributed by atoms with van der Waals surface area (Å²) in [5.74, 6) is 0.169. The van der Waals surface area contributed by atoms with Gasteiger partial charge in [-0.15, -0.1) is 11.8 Å². The second-order valence-corrected chi connectivity index (χ2v) is 10.4. The molecular formula is C26H32FN3O2S. The van der Waals surface area contributed by atoms with Crippen molar-refractivity contribution in [2.45, 2.75) is 62.3 Å². The van der Waals surface area contributed by atoms with Gasteiger partial charge in [-0.25, -0.2) is 4.39 Å². The number of halogens is 1. The van der Waals surface area contributed by atoms with E-state index in [4.69, 9.17) is 0 Å². The van der Waals surface area contributed by atoms with Crippen molar-refractivity contribution < 1.29 is 14.0 Å². The first-order chi connectivity index (χ1) is 15.9. The van der Waals surface area contributed by atoms with Gasteiger partial charge in [-0.05, 0) is 61.1 Å². The lowest BCUT2D eigenvalue weighted by molar-refractivity contribution is -0.133. The SMILES string of the molecule is CSc1cccc(C2CC2c2ncc(F)cc2C(=O)NC2CCN(C(=O)CC(C)C)CC2)c1. The van der Waals surface area contributed by atoms with Crippen molar-refractivity contribution in [1.29, 1.82) is 0 Å². The van der Waals surface area contributed by atoms with Gasteiger partial charge in [0.15, 0.2) is 0 Å². The molecule has 0 radical (unpaired) electrons. The maximum Gasteiger partial charge on any atom is 0.253 e. The third-order valence-electron chi connectivity index (χ3n) is 6.56. The zero-order chi connectivity index (χ0) is 23.5. The Labute approximate surface area is 199 Å². The Morgan fingerprint density at radius 2 is 1.97 bits per heavy atom. The van der Waals surface area contributed by atoms with Crippen molar-refractivity contribution in [3.8, 4) is 0 Å². The number of nitrogens with zero attached hydrogens (tertiary/aromatic N) is 2. The highest BCUT2D eigenvalue weighted by Gasteiger charge is 2.43. The highest BCUT2D eigenvalue weighted by Crippen LogP contribution is 2.55. The number of thioether (sulfide) groups is 1. The first kappa shape index (κ1) is 23.7. The molecule has 2 atom stereocenters. The molecule has 0 spiro atoms. The molecule has 5 nitrogen and oxygen atoms in total. The number of piperidine rings is 1. The number of nitrogens with one attached hydrogen (secondary N) is 1. The zero-order valence-electron chi connectivity index (χ0n) is 19.5. The van der Waals surface area contributed by atoms with E-state index >= 15 is 0 Å². The van der Waals surface area contributed by atoms with Crippen LogP contribution in [0.3, 0.4) is 0 Å². The number of benzene rings is 1. The van der Waals surface area contributed by atoms with Crippen molar-refractivity contribution in [3.63, 3.8) is 0 Å². The second-order valence-electron chi connectivity index (χ2n) is 9.54. The van der Waals surface area contributed by atoms with Gasteiger partial charge in [0.05, 0.1) is 17.5 Å². The summed E-state index contributed by atoms with van der Waals surface area (Å²) in [6.45, 7) is 5.36. The van der Waals surface area contributed by atoms with Crippen molar-refractivity contribution >= 4 is 23.6 Å². The van der Waals surface area contributed by atoms with Gasteiger partial charge in [0.1, 0.15) is 5.82 Å². The maximum atomic E-state index is 14.0. The number of aromatic nitrogens is 1. The molecule has 176 valence electrons. The second kappa shape index (κ2) is 10.2. The van der Waals surface area contributed by atoms with Gasteiger partial charge in [0.25, 0.3) is 5.91 Å². The maximum absolute atomic E-state index is 14.0. The lowest BCUT2D eigenvalue weighted by Crippen LogP contribution is -2.46. The molecule has 2 aliphatic rings. The van der Waals surface area contributed by atoms with E-state index in [0.29, 0.717) is 55.4 Å². The van der Waals surface area contributed by atoms with Crippen molar-refractivity contribution in [2.24, 2.45) is 5.92 Å². The van der Waals surface area contributed by atoms with E-state index in [1.807, 2.05) is 18.7 Å². The Morgan fingerprint density at radius 3 is 2.67 bits per heavy atom. The van der Waals surface area contributed by atoms with Crippen LogP contribution in [-0.4, -0.2) is 47.1 Å². The predicted molar refractivity (Wildman–Crippen MR) is 129 cm³/mol. The molecule has 33 heavy (non-hydrogen) atoms. The number of likely N-dealkylation sites (tertiary alicyclic amines) is 1. The number of carbonyl (C=O) groups is 2. The monoisotopic (exact) mass is 469 g/mol. The van der Waals surface area contributed by atoms with Crippen LogP contribution in [0.4, 0.5) is 4.39 Å². The normalized spacial score (nSPS) is 20.7. The van der Waals surface area contributed by atoms with Crippen LogP contribution in [0.15, 0.2) is 41.4 Å². The summed E-state index contributed by atoms with van der Waals surface area (Å²) in [6, 6.07) is 9.73. The fourth-order valence-corrected chi connectivity index (χ4v) is 5.15. The minimum absolute atomic E-state index is 0.0232. The highest BCUT2D eigenvalue weighted by molar-refractivity contribution is 7.98. The third-order valence-corrected chi connectivity index (χ3v) is 7.28. The van der Waals surface area contributed by atoms with Crippen LogP contribution in [0.1, 0.15) is 73.0 Å². The summed E-state index contributed by atoms with van der Waals surface area (Å²) < 4.78 is 14.0. The van der Waals surface area contributed by atoms with Gasteiger partial charge in [-0.3, -0.25) is 14.6 Å². The van der Waals surface area contributed by atoms with Crippen molar-refractivity contribution in [2.75, 3.05) is 19.3 Å². The molecule has 2 heterocycles. The molecule has 2 aromatic rings. The van der Waals surface area contributed by atoms with E-state index < -0.39 is 5.82 Å². The highest BCUT2D eigenvalue weighted by atomic mass is 32.2. The fourth-order valence-electron chi connectivity index (χ4n) is 4.68.